The number of halogens is 3. The molecule has 12 heteroatoms. The fourth-order valence-corrected chi connectivity index (χ4v) is 7.58. The molecule has 2 N–H and O–H groups in total. The maximum Gasteiger partial charge on any atom is 0.246 e. The number of rotatable bonds is 5. The minimum atomic E-state index is -4.18. The number of benzene rings is 2. The standard InChI is InChI=1S/C24H25Cl3N4O4S/c25-15-6-4-14(5-7-15)10-20-24(33)29(17-2-1-3-17)13-22-30(12-19(28)23(32)31(20)22)36(34,35)21-9-8-16(26)11-18(21)27/h4-9,11,17,19-20,22H,1-3,10,12-13,28H2. The molecule has 3 atom stereocenters. The van der Waals surface area contributed by atoms with Crippen LogP contribution in [0.4, 0.5) is 0 Å². The summed E-state index contributed by atoms with van der Waals surface area (Å²) in [4.78, 5) is 30.1. The minimum absolute atomic E-state index is 0.0155. The Kier molecular flexibility index (Phi) is 6.99. The number of carbonyl (C=O) groups excluding carboxylic acids is 2. The smallest absolute Gasteiger partial charge is 0.246 e. The maximum absolute atomic E-state index is 13.9. The Morgan fingerprint density at radius 2 is 1.58 bits per heavy atom. The molecule has 2 heterocycles. The van der Waals surface area contributed by atoms with Gasteiger partial charge in [-0.1, -0.05) is 46.9 Å². The molecule has 3 unspecified atom stereocenters. The second-order valence-electron chi connectivity index (χ2n) is 9.40. The highest BCUT2D eigenvalue weighted by molar-refractivity contribution is 7.89. The van der Waals surface area contributed by atoms with Crippen molar-refractivity contribution in [2.45, 2.75) is 54.9 Å². The van der Waals surface area contributed by atoms with E-state index < -0.39 is 34.2 Å². The molecule has 1 saturated carbocycles. The summed E-state index contributed by atoms with van der Waals surface area (Å²) in [7, 11) is -4.18. The molecule has 3 aliphatic rings. The van der Waals surface area contributed by atoms with Crippen LogP contribution in [-0.4, -0.2) is 71.7 Å². The predicted molar refractivity (Wildman–Crippen MR) is 137 cm³/mol. The second kappa shape index (κ2) is 9.78. The maximum atomic E-state index is 13.9. The van der Waals surface area contributed by atoms with Crippen LogP contribution in [0.1, 0.15) is 24.8 Å². The van der Waals surface area contributed by atoms with Crippen molar-refractivity contribution in [3.05, 3.63) is 63.1 Å². The van der Waals surface area contributed by atoms with Gasteiger partial charge >= 0.3 is 0 Å². The Morgan fingerprint density at radius 3 is 2.19 bits per heavy atom. The van der Waals surface area contributed by atoms with Gasteiger partial charge in [0.1, 0.15) is 17.1 Å². The van der Waals surface area contributed by atoms with Crippen LogP contribution in [0.15, 0.2) is 47.4 Å². The van der Waals surface area contributed by atoms with Gasteiger partial charge in [-0.3, -0.25) is 9.59 Å². The number of fused-ring (bicyclic) bond motifs is 1. The molecule has 0 bridgehead atoms. The molecule has 0 radical (unpaired) electrons. The predicted octanol–water partition coefficient (Wildman–Crippen LogP) is 3.14. The van der Waals surface area contributed by atoms with Crippen molar-refractivity contribution >= 4 is 56.6 Å². The number of amides is 2. The van der Waals surface area contributed by atoms with Crippen LogP contribution < -0.4 is 5.73 Å². The molecular weight excluding hydrogens is 547 g/mol. The van der Waals surface area contributed by atoms with Crippen LogP contribution >= 0.6 is 34.8 Å². The second-order valence-corrected chi connectivity index (χ2v) is 12.5. The van der Waals surface area contributed by atoms with E-state index in [0.29, 0.717) is 10.0 Å². The fraction of sp³-hybridized carbons (Fsp3) is 0.417. The first kappa shape index (κ1) is 25.8. The van der Waals surface area contributed by atoms with Gasteiger partial charge in [-0.15, -0.1) is 0 Å². The number of nitrogens with two attached hydrogens (primary N) is 1. The summed E-state index contributed by atoms with van der Waals surface area (Å²) in [6.07, 6.45) is 1.98. The number of piperazine rings is 1. The molecule has 2 saturated heterocycles. The summed E-state index contributed by atoms with van der Waals surface area (Å²) in [6, 6.07) is 9.16. The molecule has 36 heavy (non-hydrogen) atoms. The molecule has 192 valence electrons. The topological polar surface area (TPSA) is 104 Å². The Balaban J connectivity index is 1.57. The largest absolute Gasteiger partial charge is 0.334 e. The molecule has 3 fully saturated rings. The molecule has 2 aliphatic heterocycles. The van der Waals surface area contributed by atoms with E-state index >= 15 is 0 Å². The molecule has 1 aliphatic carbocycles. The van der Waals surface area contributed by atoms with Crippen molar-refractivity contribution in [2.24, 2.45) is 5.73 Å². The average Bonchev–Trinajstić information content (AvgIpc) is 2.78. The highest BCUT2D eigenvalue weighted by Gasteiger charge is 2.54. The summed E-state index contributed by atoms with van der Waals surface area (Å²) in [5, 5.41) is 0.824. The van der Waals surface area contributed by atoms with Gasteiger partial charge in [-0.05, 0) is 55.2 Å². The lowest BCUT2D eigenvalue weighted by molar-refractivity contribution is -0.170. The summed E-state index contributed by atoms with van der Waals surface area (Å²) < 4.78 is 28.9. The number of hydrogen-bond acceptors (Lipinski definition) is 5. The zero-order valence-electron chi connectivity index (χ0n) is 19.2. The van der Waals surface area contributed by atoms with E-state index in [4.69, 9.17) is 40.5 Å². The van der Waals surface area contributed by atoms with Crippen LogP contribution in [0.25, 0.3) is 0 Å². The fourth-order valence-electron chi connectivity index (χ4n) is 5.11. The van der Waals surface area contributed by atoms with Crippen molar-refractivity contribution in [3.63, 3.8) is 0 Å². The lowest BCUT2D eigenvalue weighted by atomic mass is 9.88. The van der Waals surface area contributed by atoms with Gasteiger partial charge in [-0.25, -0.2) is 8.42 Å². The molecule has 5 rings (SSSR count). The Bertz CT molecular complexity index is 1300. The third-order valence-electron chi connectivity index (χ3n) is 7.20. The van der Waals surface area contributed by atoms with Gasteiger partial charge < -0.3 is 15.5 Å². The molecular formula is C24H25Cl3N4O4S. The van der Waals surface area contributed by atoms with Gasteiger partial charge in [0.2, 0.25) is 21.8 Å². The summed E-state index contributed by atoms with van der Waals surface area (Å²) in [5.41, 5.74) is 6.97. The first-order valence-electron chi connectivity index (χ1n) is 11.7. The summed E-state index contributed by atoms with van der Waals surface area (Å²) >= 11 is 18.3. The van der Waals surface area contributed by atoms with Crippen molar-refractivity contribution < 1.29 is 18.0 Å². The van der Waals surface area contributed by atoms with E-state index in [0.717, 1.165) is 24.8 Å². The third kappa shape index (κ3) is 4.50. The van der Waals surface area contributed by atoms with E-state index in [-0.39, 0.29) is 41.4 Å². The van der Waals surface area contributed by atoms with E-state index in [1.165, 1.54) is 27.4 Å². The SMILES string of the molecule is NC1CN(S(=O)(=O)c2ccc(Cl)cc2Cl)C2CN(C3CCC3)C(=O)C(Cc3ccc(Cl)cc3)N2C1=O. The van der Waals surface area contributed by atoms with Crippen LogP contribution in [0.2, 0.25) is 15.1 Å². The molecule has 2 aromatic rings. The van der Waals surface area contributed by atoms with E-state index in [2.05, 4.69) is 0 Å². The normalized spacial score (nSPS) is 25.6. The molecule has 0 aromatic heterocycles. The molecule has 2 amide bonds. The zero-order valence-corrected chi connectivity index (χ0v) is 22.3. The number of hydrogen-bond donors (Lipinski definition) is 1. The van der Waals surface area contributed by atoms with Gasteiger partial charge in [-0.2, -0.15) is 4.31 Å². The Hall–Kier alpha value is -1.88. The lowest BCUT2D eigenvalue weighted by Gasteiger charge is -2.55. The molecule has 0 spiro atoms. The van der Waals surface area contributed by atoms with Gasteiger partial charge in [0.25, 0.3) is 0 Å². The highest BCUT2D eigenvalue weighted by Crippen LogP contribution is 2.37. The minimum Gasteiger partial charge on any atom is -0.334 e. The van der Waals surface area contributed by atoms with Crippen LogP contribution in [0, 0.1) is 0 Å². The number of nitrogens with zero attached hydrogens (tertiary/aromatic N) is 3. The van der Waals surface area contributed by atoms with Gasteiger partial charge in [0.05, 0.1) is 17.6 Å². The lowest BCUT2D eigenvalue weighted by Crippen LogP contribution is -2.76. The monoisotopic (exact) mass is 570 g/mol. The molecule has 2 aromatic carbocycles. The Labute approximate surface area is 224 Å². The van der Waals surface area contributed by atoms with Crippen molar-refractivity contribution in [1.29, 1.82) is 0 Å². The average molecular weight is 572 g/mol. The third-order valence-corrected chi connectivity index (χ3v) is 10.0. The van der Waals surface area contributed by atoms with E-state index in [1.807, 2.05) is 0 Å². The summed E-state index contributed by atoms with van der Waals surface area (Å²) in [6.45, 7) is -0.148. The van der Waals surface area contributed by atoms with Gasteiger partial charge in [0.15, 0.2) is 0 Å². The highest BCUT2D eigenvalue weighted by atomic mass is 35.5. The summed E-state index contributed by atoms with van der Waals surface area (Å²) in [5.74, 6) is -0.649. The van der Waals surface area contributed by atoms with Crippen LogP contribution in [0.5, 0.6) is 0 Å². The quantitative estimate of drug-likeness (QED) is 0.594. The zero-order chi connectivity index (χ0) is 25.8. The van der Waals surface area contributed by atoms with Crippen LogP contribution in [-0.2, 0) is 26.0 Å². The number of sulfonamides is 1. The van der Waals surface area contributed by atoms with Crippen molar-refractivity contribution in [2.75, 3.05) is 13.1 Å². The molecule has 8 nitrogen and oxygen atoms in total. The van der Waals surface area contributed by atoms with Crippen molar-refractivity contribution in [3.8, 4) is 0 Å². The first-order valence-corrected chi connectivity index (χ1v) is 14.2. The Morgan fingerprint density at radius 1 is 0.917 bits per heavy atom. The number of carbonyl (C=O) groups is 2. The van der Waals surface area contributed by atoms with Crippen LogP contribution in [0.3, 0.4) is 0 Å². The van der Waals surface area contributed by atoms with E-state index in [9.17, 15) is 18.0 Å². The van der Waals surface area contributed by atoms with Crippen molar-refractivity contribution in [1.82, 2.24) is 14.1 Å². The van der Waals surface area contributed by atoms with Gasteiger partial charge in [0, 0.05) is 29.1 Å². The van der Waals surface area contributed by atoms with E-state index in [1.54, 1.807) is 29.2 Å². The first-order chi connectivity index (χ1) is 17.1.